The minimum atomic E-state index is -0.310. The third kappa shape index (κ3) is 6.46. The summed E-state index contributed by atoms with van der Waals surface area (Å²) in [5, 5.41) is 0. The van der Waals surface area contributed by atoms with Gasteiger partial charge in [-0.25, -0.2) is 4.79 Å². The number of nitrogens with two attached hydrogens (primary N) is 1. The van der Waals surface area contributed by atoms with Crippen LogP contribution in [-0.2, 0) is 25.9 Å². The number of benzene rings is 2. The summed E-state index contributed by atoms with van der Waals surface area (Å²) in [6.45, 7) is 7.93. The summed E-state index contributed by atoms with van der Waals surface area (Å²) < 4.78 is 0. The molecule has 0 unspecified atom stereocenters. The second-order valence-corrected chi connectivity index (χ2v) is 10.4. The Hall–Kier alpha value is -2.63. The fourth-order valence-electron chi connectivity index (χ4n) is 4.54. The van der Waals surface area contributed by atoms with Gasteiger partial charge in [-0.05, 0) is 61.4 Å². The summed E-state index contributed by atoms with van der Waals surface area (Å²) in [4.78, 5) is 19.2. The van der Waals surface area contributed by atoms with Gasteiger partial charge in [0.15, 0.2) is 0 Å². The lowest BCUT2D eigenvalue weighted by atomic mass is 9.94. The minimum absolute atomic E-state index is 0.236. The summed E-state index contributed by atoms with van der Waals surface area (Å²) in [5.74, 6) is 0. The van der Waals surface area contributed by atoms with E-state index in [4.69, 9.17) is 5.73 Å². The molecule has 0 atom stereocenters. The number of thiophene rings is 1. The van der Waals surface area contributed by atoms with Gasteiger partial charge >= 0.3 is 6.03 Å². The van der Waals surface area contributed by atoms with E-state index in [-0.39, 0.29) is 12.1 Å². The molecule has 6 rings (SSSR count). The van der Waals surface area contributed by atoms with Crippen LogP contribution in [-0.4, -0.2) is 35.0 Å². The predicted octanol–water partition coefficient (Wildman–Crippen LogP) is 5.76. The first-order valence-corrected chi connectivity index (χ1v) is 12.8. The van der Waals surface area contributed by atoms with Crippen molar-refractivity contribution in [2.75, 3.05) is 13.1 Å². The van der Waals surface area contributed by atoms with Gasteiger partial charge in [-0.1, -0.05) is 61.0 Å². The molecular formula is C28H35N3OS. The normalized spacial score (nSPS) is 15.3. The number of primary amides is 1. The maximum absolute atomic E-state index is 12.0. The van der Waals surface area contributed by atoms with E-state index in [2.05, 4.69) is 79.4 Å². The fraction of sp³-hybridized carbons (Fsp3) is 0.393. The number of rotatable bonds is 6. The van der Waals surface area contributed by atoms with Gasteiger partial charge in [0.25, 0.3) is 0 Å². The van der Waals surface area contributed by atoms with Crippen molar-refractivity contribution in [3.63, 3.8) is 0 Å². The molecule has 1 aromatic heterocycles. The van der Waals surface area contributed by atoms with Crippen molar-refractivity contribution in [3.8, 4) is 0 Å². The molecule has 3 aromatic rings. The molecule has 1 aliphatic heterocycles. The number of nitrogens with zero attached hydrogens (tertiary/aromatic N) is 2. The molecule has 2 N–H and O–H groups in total. The van der Waals surface area contributed by atoms with E-state index < -0.39 is 0 Å². The number of hydrogen-bond acceptors (Lipinski definition) is 3. The van der Waals surface area contributed by atoms with E-state index in [0.717, 1.165) is 44.5 Å². The Balaban J connectivity index is 0.000000310. The summed E-state index contributed by atoms with van der Waals surface area (Å²) in [6.07, 6.45) is 4.30. The van der Waals surface area contributed by atoms with Gasteiger partial charge in [-0.2, -0.15) is 0 Å². The molecule has 0 radical (unpaired) electrons. The lowest BCUT2D eigenvalue weighted by Crippen LogP contribution is -2.48. The zero-order chi connectivity index (χ0) is 23.2. The third-order valence-electron chi connectivity index (χ3n) is 6.60. The van der Waals surface area contributed by atoms with E-state index in [9.17, 15) is 4.79 Å². The number of likely N-dealkylation sites (tertiary alicyclic amines) is 1. The quantitative estimate of drug-likeness (QED) is 0.397. The van der Waals surface area contributed by atoms with Crippen molar-refractivity contribution in [1.82, 2.24) is 9.80 Å². The smallest absolute Gasteiger partial charge is 0.315 e. The van der Waals surface area contributed by atoms with Gasteiger partial charge in [-0.3, -0.25) is 4.90 Å². The van der Waals surface area contributed by atoms with E-state index >= 15 is 0 Å². The molecule has 2 amide bonds. The van der Waals surface area contributed by atoms with E-state index in [1.807, 2.05) is 16.2 Å². The Morgan fingerprint density at radius 3 is 2.15 bits per heavy atom. The highest BCUT2D eigenvalue weighted by Crippen LogP contribution is 2.24. The molecule has 5 heteroatoms. The van der Waals surface area contributed by atoms with Crippen LogP contribution in [0, 0.1) is 6.92 Å². The van der Waals surface area contributed by atoms with Gasteiger partial charge in [0, 0.05) is 42.0 Å². The molecule has 2 aromatic carbocycles. The van der Waals surface area contributed by atoms with Crippen LogP contribution in [0.4, 0.5) is 4.79 Å². The number of hydrogen-bond donors (Lipinski definition) is 1. The van der Waals surface area contributed by atoms with Crippen LogP contribution in [0.5, 0.6) is 0 Å². The highest BCUT2D eigenvalue weighted by atomic mass is 32.1. The largest absolute Gasteiger partial charge is 0.351 e. The minimum Gasteiger partial charge on any atom is -0.351 e. The van der Waals surface area contributed by atoms with Crippen LogP contribution in [0.15, 0.2) is 60.7 Å². The number of carbonyl (C=O) groups excluding carboxylic acids is 1. The van der Waals surface area contributed by atoms with Gasteiger partial charge in [0.1, 0.15) is 0 Å². The van der Waals surface area contributed by atoms with Crippen LogP contribution in [0.3, 0.4) is 0 Å². The Morgan fingerprint density at radius 2 is 1.67 bits per heavy atom. The molecule has 1 saturated heterocycles. The maximum atomic E-state index is 12.0. The van der Waals surface area contributed by atoms with E-state index in [0.29, 0.717) is 6.54 Å². The average molecular weight is 462 g/mol. The zero-order valence-corrected chi connectivity index (χ0v) is 20.6. The molecule has 1 fully saturated rings. The Bertz CT molecular complexity index is 1030. The van der Waals surface area contributed by atoms with Crippen molar-refractivity contribution in [2.24, 2.45) is 5.73 Å². The second-order valence-electron chi connectivity index (χ2n) is 9.18. The van der Waals surface area contributed by atoms with Crippen molar-refractivity contribution in [1.29, 1.82) is 0 Å². The number of urea groups is 1. The van der Waals surface area contributed by atoms with Gasteiger partial charge < -0.3 is 10.6 Å². The first-order chi connectivity index (χ1) is 16.0. The number of fused-ring (bicyclic) bond motifs is 2. The topological polar surface area (TPSA) is 49.6 Å². The second kappa shape index (κ2) is 11.0. The molecule has 33 heavy (non-hydrogen) atoms. The molecule has 3 aliphatic rings. The van der Waals surface area contributed by atoms with Crippen molar-refractivity contribution >= 4 is 17.4 Å². The molecule has 2 heterocycles. The molecular weight excluding hydrogens is 426 g/mol. The highest BCUT2D eigenvalue weighted by molar-refractivity contribution is 7.11. The molecule has 0 spiro atoms. The monoisotopic (exact) mass is 461 g/mol. The van der Waals surface area contributed by atoms with Crippen molar-refractivity contribution < 1.29 is 4.79 Å². The van der Waals surface area contributed by atoms with Crippen LogP contribution >= 0.6 is 11.3 Å². The SMILES string of the molecule is CCc1ccc(CN2CCC(N(Cc3ccc(C)cc3)C(N)=O)CC2)s1.c1cc2cc(c1)C2. The van der Waals surface area contributed by atoms with Gasteiger partial charge in [-0.15, -0.1) is 11.3 Å². The predicted molar refractivity (Wildman–Crippen MR) is 138 cm³/mol. The Kier molecular flexibility index (Phi) is 7.84. The molecule has 2 aliphatic carbocycles. The Morgan fingerprint density at radius 1 is 1.03 bits per heavy atom. The molecule has 0 saturated carbocycles. The maximum Gasteiger partial charge on any atom is 0.315 e. The number of amides is 2. The van der Waals surface area contributed by atoms with E-state index in [1.54, 1.807) is 0 Å². The summed E-state index contributed by atoms with van der Waals surface area (Å²) in [7, 11) is 0. The molecule has 4 nitrogen and oxygen atoms in total. The third-order valence-corrected chi connectivity index (χ3v) is 7.81. The van der Waals surface area contributed by atoms with E-state index in [1.165, 1.54) is 32.9 Å². The lowest BCUT2D eigenvalue weighted by molar-refractivity contribution is 0.118. The zero-order valence-electron chi connectivity index (χ0n) is 19.8. The Labute approximate surface area is 202 Å². The first kappa shape index (κ1) is 23.5. The average Bonchev–Trinajstić information content (AvgIpc) is 3.27. The fourth-order valence-corrected chi connectivity index (χ4v) is 5.54. The van der Waals surface area contributed by atoms with Crippen LogP contribution < -0.4 is 5.73 Å². The number of aryl methyl sites for hydroxylation is 2. The molecule has 2 bridgehead atoms. The summed E-state index contributed by atoms with van der Waals surface area (Å²) >= 11 is 1.92. The standard InChI is InChI=1S/C21H29N3OS.C7H6/c1-3-19-8-9-20(26-19)15-23-12-10-18(11-13-23)24(21(22)25)14-17-6-4-16(2)5-7-17;1-2-6-4-7(3-1)5-6/h4-9,18H,3,10-15H2,1-2H3,(H2,22,25);1-4H,5H2. The van der Waals surface area contributed by atoms with Crippen LogP contribution in [0.2, 0.25) is 0 Å². The van der Waals surface area contributed by atoms with Crippen LogP contribution in [0.1, 0.15) is 51.8 Å². The summed E-state index contributed by atoms with van der Waals surface area (Å²) in [6, 6.07) is 21.4. The van der Waals surface area contributed by atoms with Crippen molar-refractivity contribution in [3.05, 3.63) is 92.7 Å². The first-order valence-electron chi connectivity index (χ1n) is 12.0. The van der Waals surface area contributed by atoms with Crippen LogP contribution in [0.25, 0.3) is 0 Å². The number of piperidine rings is 1. The van der Waals surface area contributed by atoms with Gasteiger partial charge in [0.05, 0.1) is 0 Å². The lowest BCUT2D eigenvalue weighted by Gasteiger charge is -2.37. The highest BCUT2D eigenvalue weighted by Gasteiger charge is 2.27. The number of carbonyl (C=O) groups is 1. The van der Waals surface area contributed by atoms with Gasteiger partial charge in [0.2, 0.25) is 0 Å². The summed E-state index contributed by atoms with van der Waals surface area (Å²) in [5.41, 5.74) is 11.0. The molecule has 174 valence electrons. The van der Waals surface area contributed by atoms with Crippen molar-refractivity contribution in [2.45, 2.75) is 58.7 Å².